The molecule has 6 heteroatoms. The van der Waals surface area contributed by atoms with E-state index in [4.69, 9.17) is 0 Å². The zero-order chi connectivity index (χ0) is 13.8. The summed E-state index contributed by atoms with van der Waals surface area (Å²) in [5.74, 6) is 0.665. The minimum absolute atomic E-state index is 0.0194. The fourth-order valence-electron chi connectivity index (χ4n) is 2.37. The van der Waals surface area contributed by atoms with Gasteiger partial charge in [-0.25, -0.2) is 0 Å². The Morgan fingerprint density at radius 2 is 2.50 bits per heavy atom. The lowest BCUT2D eigenvalue weighted by Crippen LogP contribution is -2.15. The van der Waals surface area contributed by atoms with E-state index in [9.17, 15) is 4.79 Å². The van der Waals surface area contributed by atoms with Crippen molar-refractivity contribution in [2.24, 2.45) is 0 Å². The Balaban J connectivity index is 1.50. The third-order valence-electron chi connectivity index (χ3n) is 3.51. The van der Waals surface area contributed by atoms with Gasteiger partial charge in [0.1, 0.15) is 0 Å². The summed E-state index contributed by atoms with van der Waals surface area (Å²) < 4.78 is 1.94. The number of anilines is 1. The van der Waals surface area contributed by atoms with Gasteiger partial charge < -0.3 is 10.6 Å². The molecule has 0 unspecified atom stereocenters. The summed E-state index contributed by atoms with van der Waals surface area (Å²) in [6, 6.07) is 4.33. The van der Waals surface area contributed by atoms with Crippen LogP contribution in [0.4, 0.5) is 5.82 Å². The van der Waals surface area contributed by atoms with Crippen molar-refractivity contribution in [3.63, 3.8) is 0 Å². The standard InChI is InChI=1S/C14H18N4OS/c19-14(2-1-11-5-8-20-10-11)16-13-4-7-18(17-13)12-3-6-15-9-12/h4-5,7-8,10,12,15H,1-3,6,9H2,(H,16,17,19)/t12-/m0/s1. The molecule has 106 valence electrons. The number of nitrogens with one attached hydrogen (secondary N) is 2. The van der Waals surface area contributed by atoms with E-state index in [0.29, 0.717) is 18.3 Å². The molecule has 0 saturated carbocycles. The van der Waals surface area contributed by atoms with E-state index in [2.05, 4.69) is 27.2 Å². The lowest BCUT2D eigenvalue weighted by atomic mass is 10.2. The minimum atomic E-state index is 0.0194. The van der Waals surface area contributed by atoms with Crippen LogP contribution in [0.2, 0.25) is 0 Å². The maximum absolute atomic E-state index is 11.9. The number of hydrogen-bond donors (Lipinski definition) is 2. The van der Waals surface area contributed by atoms with Gasteiger partial charge in [-0.1, -0.05) is 0 Å². The first-order chi connectivity index (χ1) is 9.81. The summed E-state index contributed by atoms with van der Waals surface area (Å²) in [6.45, 7) is 1.99. The molecule has 0 aliphatic carbocycles. The molecule has 2 aromatic rings. The van der Waals surface area contributed by atoms with Crippen LogP contribution in [-0.4, -0.2) is 28.8 Å². The molecule has 5 nitrogen and oxygen atoms in total. The van der Waals surface area contributed by atoms with Crippen LogP contribution in [0.1, 0.15) is 24.4 Å². The van der Waals surface area contributed by atoms with Crippen molar-refractivity contribution in [2.45, 2.75) is 25.3 Å². The van der Waals surface area contributed by atoms with Crippen molar-refractivity contribution in [1.82, 2.24) is 15.1 Å². The van der Waals surface area contributed by atoms with E-state index in [1.807, 2.05) is 22.3 Å². The minimum Gasteiger partial charge on any atom is -0.315 e. The molecule has 3 rings (SSSR count). The molecule has 1 aliphatic rings. The van der Waals surface area contributed by atoms with Gasteiger partial charge in [0.2, 0.25) is 5.91 Å². The van der Waals surface area contributed by atoms with Gasteiger partial charge in [0, 0.05) is 25.2 Å². The zero-order valence-corrected chi connectivity index (χ0v) is 12.0. The Kier molecular flexibility index (Phi) is 4.13. The number of carbonyl (C=O) groups excluding carboxylic acids is 1. The molecule has 1 saturated heterocycles. The van der Waals surface area contributed by atoms with Crippen LogP contribution in [0.3, 0.4) is 0 Å². The number of aromatic nitrogens is 2. The number of rotatable bonds is 5. The molecule has 20 heavy (non-hydrogen) atoms. The van der Waals surface area contributed by atoms with Crippen molar-refractivity contribution >= 4 is 23.1 Å². The highest BCUT2D eigenvalue weighted by molar-refractivity contribution is 7.07. The maximum Gasteiger partial charge on any atom is 0.225 e. The third-order valence-corrected chi connectivity index (χ3v) is 4.24. The molecule has 1 atom stereocenters. The van der Waals surface area contributed by atoms with Crippen LogP contribution in [0.5, 0.6) is 0 Å². The number of aryl methyl sites for hydroxylation is 1. The van der Waals surface area contributed by atoms with Crippen molar-refractivity contribution in [1.29, 1.82) is 0 Å². The van der Waals surface area contributed by atoms with Crippen molar-refractivity contribution in [3.8, 4) is 0 Å². The molecule has 0 aromatic carbocycles. The second-order valence-electron chi connectivity index (χ2n) is 5.01. The van der Waals surface area contributed by atoms with E-state index >= 15 is 0 Å². The number of amides is 1. The van der Waals surface area contributed by atoms with Crippen LogP contribution < -0.4 is 10.6 Å². The van der Waals surface area contributed by atoms with Gasteiger partial charge in [-0.3, -0.25) is 9.48 Å². The van der Waals surface area contributed by atoms with Crippen LogP contribution in [0, 0.1) is 0 Å². The van der Waals surface area contributed by atoms with E-state index in [0.717, 1.165) is 25.9 Å². The number of nitrogens with zero attached hydrogens (tertiary/aromatic N) is 2. The summed E-state index contributed by atoms with van der Waals surface area (Å²) in [5.41, 5.74) is 1.22. The molecule has 2 aromatic heterocycles. The highest BCUT2D eigenvalue weighted by Gasteiger charge is 2.17. The first-order valence-corrected chi connectivity index (χ1v) is 7.82. The summed E-state index contributed by atoms with van der Waals surface area (Å²) in [6.07, 6.45) is 4.30. The molecule has 0 radical (unpaired) electrons. The number of hydrogen-bond acceptors (Lipinski definition) is 4. The quantitative estimate of drug-likeness (QED) is 0.886. The molecule has 3 heterocycles. The van der Waals surface area contributed by atoms with Gasteiger partial charge in [-0.05, 0) is 41.8 Å². The third kappa shape index (κ3) is 3.26. The molecule has 1 amide bonds. The zero-order valence-electron chi connectivity index (χ0n) is 11.2. The van der Waals surface area contributed by atoms with E-state index < -0.39 is 0 Å². The largest absolute Gasteiger partial charge is 0.315 e. The van der Waals surface area contributed by atoms with E-state index in [-0.39, 0.29) is 5.91 Å². The fourth-order valence-corrected chi connectivity index (χ4v) is 3.07. The molecule has 0 spiro atoms. The second kappa shape index (κ2) is 6.19. The smallest absolute Gasteiger partial charge is 0.225 e. The van der Waals surface area contributed by atoms with Gasteiger partial charge in [-0.2, -0.15) is 16.4 Å². The monoisotopic (exact) mass is 290 g/mol. The van der Waals surface area contributed by atoms with Crippen LogP contribution in [0.15, 0.2) is 29.1 Å². The molecule has 1 aliphatic heterocycles. The van der Waals surface area contributed by atoms with Crippen LogP contribution in [0.25, 0.3) is 0 Å². The average Bonchev–Trinajstić information content (AvgIpc) is 3.18. The molecule has 1 fully saturated rings. The topological polar surface area (TPSA) is 59.0 Å². The molecule has 0 bridgehead atoms. The van der Waals surface area contributed by atoms with Crippen LogP contribution >= 0.6 is 11.3 Å². The number of carbonyl (C=O) groups is 1. The number of thiophene rings is 1. The van der Waals surface area contributed by atoms with Gasteiger partial charge in [0.25, 0.3) is 0 Å². The summed E-state index contributed by atoms with van der Waals surface area (Å²) in [4.78, 5) is 11.9. The Morgan fingerprint density at radius 1 is 1.55 bits per heavy atom. The maximum atomic E-state index is 11.9. The van der Waals surface area contributed by atoms with Crippen LogP contribution in [-0.2, 0) is 11.2 Å². The normalized spacial score (nSPS) is 18.3. The van der Waals surface area contributed by atoms with Crippen molar-refractivity contribution in [3.05, 3.63) is 34.7 Å². The Labute approximate surface area is 122 Å². The summed E-state index contributed by atoms with van der Waals surface area (Å²) >= 11 is 1.66. The van der Waals surface area contributed by atoms with Gasteiger partial charge in [-0.15, -0.1) is 0 Å². The van der Waals surface area contributed by atoms with Gasteiger partial charge in [0.15, 0.2) is 5.82 Å². The lowest BCUT2D eigenvalue weighted by Gasteiger charge is -2.08. The molecule has 2 N–H and O–H groups in total. The average molecular weight is 290 g/mol. The highest BCUT2D eigenvalue weighted by Crippen LogP contribution is 2.16. The summed E-state index contributed by atoms with van der Waals surface area (Å²) in [5, 5.41) is 14.7. The fraction of sp³-hybridized carbons (Fsp3) is 0.429. The molecular weight excluding hydrogens is 272 g/mol. The van der Waals surface area contributed by atoms with Crippen molar-refractivity contribution in [2.75, 3.05) is 18.4 Å². The van der Waals surface area contributed by atoms with Crippen molar-refractivity contribution < 1.29 is 4.79 Å². The Hall–Kier alpha value is -1.66. The second-order valence-corrected chi connectivity index (χ2v) is 5.79. The van der Waals surface area contributed by atoms with E-state index in [1.165, 1.54) is 5.56 Å². The van der Waals surface area contributed by atoms with E-state index in [1.54, 1.807) is 11.3 Å². The Morgan fingerprint density at radius 3 is 3.25 bits per heavy atom. The highest BCUT2D eigenvalue weighted by atomic mass is 32.1. The molecular formula is C14H18N4OS. The van der Waals surface area contributed by atoms with Gasteiger partial charge >= 0.3 is 0 Å². The first-order valence-electron chi connectivity index (χ1n) is 6.88. The van der Waals surface area contributed by atoms with Gasteiger partial charge in [0.05, 0.1) is 6.04 Å². The lowest BCUT2D eigenvalue weighted by molar-refractivity contribution is -0.116. The predicted octanol–water partition coefficient (Wildman–Crippen LogP) is 2.05. The first kappa shape index (κ1) is 13.3. The summed E-state index contributed by atoms with van der Waals surface area (Å²) in [7, 11) is 0. The predicted molar refractivity (Wildman–Crippen MR) is 80.0 cm³/mol. The Bertz CT molecular complexity index is 558. The SMILES string of the molecule is O=C(CCc1ccsc1)Nc1ccn([C@H]2CCNC2)n1.